The first-order valence-corrected chi connectivity index (χ1v) is 10.2. The second kappa shape index (κ2) is 8.50. The first kappa shape index (κ1) is 18.6. The minimum Gasteiger partial charge on any atom is -0.353 e. The van der Waals surface area contributed by atoms with Crippen LogP contribution in [0.4, 0.5) is 0 Å². The molecule has 2 amide bonds. The van der Waals surface area contributed by atoms with Crippen molar-refractivity contribution in [2.24, 2.45) is 5.92 Å². The minimum atomic E-state index is 0.0523. The molecule has 146 valence electrons. The summed E-state index contributed by atoms with van der Waals surface area (Å²) in [4.78, 5) is 35.0. The van der Waals surface area contributed by atoms with E-state index in [4.69, 9.17) is 0 Å². The fraction of sp³-hybridized carbons (Fsp3) is 0.455. The predicted octanol–water partition coefficient (Wildman–Crippen LogP) is 3.05. The molecule has 2 heterocycles. The van der Waals surface area contributed by atoms with Gasteiger partial charge >= 0.3 is 0 Å². The zero-order chi connectivity index (χ0) is 19.3. The van der Waals surface area contributed by atoms with Crippen LogP contribution in [0.25, 0.3) is 11.1 Å². The number of piperidine rings is 1. The number of likely N-dealkylation sites (tertiary alicyclic amines) is 1. The van der Waals surface area contributed by atoms with Crippen LogP contribution in [0.3, 0.4) is 0 Å². The van der Waals surface area contributed by atoms with E-state index in [9.17, 15) is 9.59 Å². The van der Waals surface area contributed by atoms with Crippen LogP contribution in [-0.4, -0.2) is 45.8 Å². The Hall–Kier alpha value is -2.76. The van der Waals surface area contributed by atoms with Gasteiger partial charge in [0, 0.05) is 48.6 Å². The number of nitrogens with one attached hydrogen (secondary N) is 1. The van der Waals surface area contributed by atoms with Crippen molar-refractivity contribution in [3.63, 3.8) is 0 Å². The Kier molecular flexibility index (Phi) is 5.65. The molecule has 1 aromatic carbocycles. The van der Waals surface area contributed by atoms with Crippen molar-refractivity contribution in [2.75, 3.05) is 13.1 Å². The molecule has 0 radical (unpaired) electrons. The van der Waals surface area contributed by atoms with Gasteiger partial charge in [0.1, 0.15) is 6.33 Å². The number of nitrogens with zero attached hydrogens (tertiary/aromatic N) is 3. The molecule has 2 aliphatic rings. The van der Waals surface area contributed by atoms with E-state index in [1.54, 1.807) is 12.4 Å². The lowest BCUT2D eigenvalue weighted by molar-refractivity contribution is -0.125. The number of amides is 2. The number of hydrogen-bond acceptors (Lipinski definition) is 4. The molecule has 0 atom stereocenters. The quantitative estimate of drug-likeness (QED) is 0.887. The van der Waals surface area contributed by atoms with Gasteiger partial charge < -0.3 is 10.2 Å². The second-order valence-electron chi connectivity index (χ2n) is 7.76. The van der Waals surface area contributed by atoms with E-state index in [1.165, 1.54) is 19.2 Å². The van der Waals surface area contributed by atoms with Crippen molar-refractivity contribution in [3.8, 4) is 11.1 Å². The molecule has 28 heavy (non-hydrogen) atoms. The van der Waals surface area contributed by atoms with Gasteiger partial charge in [-0.3, -0.25) is 9.59 Å². The van der Waals surface area contributed by atoms with Gasteiger partial charge in [-0.2, -0.15) is 0 Å². The molecule has 0 spiro atoms. The van der Waals surface area contributed by atoms with Crippen molar-refractivity contribution in [1.82, 2.24) is 20.2 Å². The summed E-state index contributed by atoms with van der Waals surface area (Å²) in [6.45, 7) is 1.37. The van der Waals surface area contributed by atoms with Crippen molar-refractivity contribution in [3.05, 3.63) is 48.5 Å². The third kappa shape index (κ3) is 4.21. The molecule has 4 rings (SSSR count). The van der Waals surface area contributed by atoms with Crippen molar-refractivity contribution in [2.45, 2.75) is 44.6 Å². The maximum Gasteiger partial charge on any atom is 0.253 e. The Morgan fingerprint density at radius 2 is 1.54 bits per heavy atom. The van der Waals surface area contributed by atoms with E-state index in [2.05, 4.69) is 15.3 Å². The van der Waals surface area contributed by atoms with Gasteiger partial charge in [0.25, 0.3) is 5.91 Å². The molecule has 1 aromatic heterocycles. The maximum absolute atomic E-state index is 12.8. The Bertz CT molecular complexity index is 808. The summed E-state index contributed by atoms with van der Waals surface area (Å²) < 4.78 is 0. The van der Waals surface area contributed by atoms with E-state index < -0.39 is 0 Å². The highest BCUT2D eigenvalue weighted by molar-refractivity contribution is 5.94. The first-order valence-electron chi connectivity index (χ1n) is 10.2. The molecule has 1 saturated heterocycles. The lowest BCUT2D eigenvalue weighted by Crippen LogP contribution is -2.47. The number of carbonyl (C=O) groups excluding carboxylic acids is 2. The summed E-state index contributed by atoms with van der Waals surface area (Å²) in [6, 6.07) is 7.77. The standard InChI is InChI=1S/C22H26N4O2/c27-21(17-3-1-2-4-17)25-20-9-11-26(12-10-20)22(28)18-7-5-16(6-8-18)19-13-23-15-24-14-19/h5-8,13-15,17,20H,1-4,9-12H2,(H,25,27). The lowest BCUT2D eigenvalue weighted by Gasteiger charge is -2.33. The van der Waals surface area contributed by atoms with Crippen LogP contribution in [-0.2, 0) is 4.79 Å². The van der Waals surface area contributed by atoms with E-state index in [1.807, 2.05) is 29.2 Å². The fourth-order valence-corrected chi connectivity index (χ4v) is 4.17. The van der Waals surface area contributed by atoms with Crippen LogP contribution in [0.15, 0.2) is 43.0 Å². The summed E-state index contributed by atoms with van der Waals surface area (Å²) in [5.41, 5.74) is 2.61. The number of aromatic nitrogens is 2. The average Bonchev–Trinajstić information content (AvgIpc) is 3.30. The molecule has 1 aliphatic carbocycles. The third-order valence-electron chi connectivity index (χ3n) is 5.88. The number of carbonyl (C=O) groups is 2. The van der Waals surface area contributed by atoms with Crippen LogP contribution in [0, 0.1) is 5.92 Å². The summed E-state index contributed by atoms with van der Waals surface area (Å²) in [5.74, 6) is 0.465. The molecule has 1 aliphatic heterocycles. The molecule has 2 aromatic rings. The highest BCUT2D eigenvalue weighted by atomic mass is 16.2. The van der Waals surface area contributed by atoms with Gasteiger partial charge in [0.05, 0.1) is 0 Å². The largest absolute Gasteiger partial charge is 0.353 e. The zero-order valence-corrected chi connectivity index (χ0v) is 16.0. The topological polar surface area (TPSA) is 75.2 Å². The summed E-state index contributed by atoms with van der Waals surface area (Å²) in [6.07, 6.45) is 11.0. The van der Waals surface area contributed by atoms with Gasteiger partial charge in [-0.25, -0.2) is 9.97 Å². The Morgan fingerprint density at radius 1 is 0.893 bits per heavy atom. The van der Waals surface area contributed by atoms with Crippen LogP contribution in [0.1, 0.15) is 48.9 Å². The normalized spacial score (nSPS) is 18.2. The summed E-state index contributed by atoms with van der Waals surface area (Å²) in [7, 11) is 0. The van der Waals surface area contributed by atoms with Gasteiger partial charge in [-0.15, -0.1) is 0 Å². The highest BCUT2D eigenvalue weighted by Crippen LogP contribution is 2.25. The molecule has 2 fully saturated rings. The number of rotatable bonds is 4. The highest BCUT2D eigenvalue weighted by Gasteiger charge is 2.28. The van der Waals surface area contributed by atoms with Crippen molar-refractivity contribution in [1.29, 1.82) is 0 Å². The smallest absolute Gasteiger partial charge is 0.253 e. The Balaban J connectivity index is 1.30. The molecular formula is C22H26N4O2. The molecular weight excluding hydrogens is 352 g/mol. The van der Waals surface area contributed by atoms with E-state index >= 15 is 0 Å². The van der Waals surface area contributed by atoms with Crippen LogP contribution in [0.5, 0.6) is 0 Å². The summed E-state index contributed by atoms with van der Waals surface area (Å²) in [5, 5.41) is 3.20. The van der Waals surface area contributed by atoms with Crippen molar-refractivity contribution >= 4 is 11.8 Å². The Morgan fingerprint density at radius 3 is 2.18 bits per heavy atom. The minimum absolute atomic E-state index is 0.0523. The second-order valence-corrected chi connectivity index (χ2v) is 7.76. The predicted molar refractivity (Wildman–Crippen MR) is 106 cm³/mol. The van der Waals surface area contributed by atoms with Gasteiger partial charge in [-0.1, -0.05) is 25.0 Å². The van der Waals surface area contributed by atoms with E-state index in [0.717, 1.165) is 36.8 Å². The first-order chi connectivity index (χ1) is 13.7. The monoisotopic (exact) mass is 378 g/mol. The molecule has 0 bridgehead atoms. The van der Waals surface area contributed by atoms with Crippen LogP contribution in [0.2, 0.25) is 0 Å². The molecule has 1 N–H and O–H groups in total. The third-order valence-corrected chi connectivity index (χ3v) is 5.88. The number of benzene rings is 1. The van der Waals surface area contributed by atoms with Gasteiger partial charge in [-0.05, 0) is 43.4 Å². The zero-order valence-electron chi connectivity index (χ0n) is 16.0. The average molecular weight is 378 g/mol. The van der Waals surface area contributed by atoms with E-state index in [0.29, 0.717) is 18.7 Å². The van der Waals surface area contributed by atoms with E-state index in [-0.39, 0.29) is 23.8 Å². The van der Waals surface area contributed by atoms with Gasteiger partial charge in [0.2, 0.25) is 5.91 Å². The maximum atomic E-state index is 12.8. The Labute approximate surface area is 165 Å². The molecule has 1 saturated carbocycles. The molecule has 0 unspecified atom stereocenters. The number of hydrogen-bond donors (Lipinski definition) is 1. The molecule has 6 heteroatoms. The van der Waals surface area contributed by atoms with Gasteiger partial charge in [0.15, 0.2) is 0 Å². The fourth-order valence-electron chi connectivity index (χ4n) is 4.17. The summed E-state index contributed by atoms with van der Waals surface area (Å²) >= 11 is 0. The van der Waals surface area contributed by atoms with Crippen LogP contribution < -0.4 is 5.32 Å². The van der Waals surface area contributed by atoms with Crippen molar-refractivity contribution < 1.29 is 9.59 Å². The van der Waals surface area contributed by atoms with Crippen LogP contribution >= 0.6 is 0 Å². The lowest BCUT2D eigenvalue weighted by atomic mass is 10.0. The SMILES string of the molecule is O=C(NC1CCN(C(=O)c2ccc(-c3cncnc3)cc2)CC1)C1CCCC1. The molecule has 6 nitrogen and oxygen atoms in total.